The van der Waals surface area contributed by atoms with Gasteiger partial charge in [-0.3, -0.25) is 0 Å². The lowest BCUT2D eigenvalue weighted by Gasteiger charge is -2.18. The van der Waals surface area contributed by atoms with Crippen molar-refractivity contribution in [3.8, 4) is 0 Å². The summed E-state index contributed by atoms with van der Waals surface area (Å²) < 4.78 is 25.7. The van der Waals surface area contributed by atoms with Crippen molar-refractivity contribution in [3.05, 3.63) is 35.4 Å². The summed E-state index contributed by atoms with van der Waals surface area (Å²) in [6, 6.07) is 1.42. The highest BCUT2D eigenvalue weighted by molar-refractivity contribution is 5.92. The van der Waals surface area contributed by atoms with Crippen molar-refractivity contribution in [1.29, 1.82) is 0 Å². The lowest BCUT2D eigenvalue weighted by molar-refractivity contribution is 0.146. The minimum atomic E-state index is -1.44. The standard InChI is InChI=1S/C10H8F2N2O3/c11-6-2-1-5(3-7(6)12)8-4-13-9(15)14(8)10(16)17/h1-3,8H,4H2,(H,13,15)(H,16,17). The van der Waals surface area contributed by atoms with E-state index in [0.717, 1.165) is 12.1 Å². The first-order valence-electron chi connectivity index (χ1n) is 4.75. The number of nitrogens with one attached hydrogen (secondary N) is 1. The highest BCUT2D eigenvalue weighted by atomic mass is 19.2. The number of rotatable bonds is 1. The van der Waals surface area contributed by atoms with E-state index in [-0.39, 0.29) is 12.1 Å². The molecule has 0 saturated carbocycles. The van der Waals surface area contributed by atoms with Gasteiger partial charge in [0.1, 0.15) is 0 Å². The fourth-order valence-electron chi connectivity index (χ4n) is 1.71. The number of carbonyl (C=O) groups is 2. The molecule has 1 unspecified atom stereocenters. The third-order valence-electron chi connectivity index (χ3n) is 2.51. The number of benzene rings is 1. The lowest BCUT2D eigenvalue weighted by atomic mass is 10.1. The van der Waals surface area contributed by atoms with Crippen LogP contribution in [0.1, 0.15) is 11.6 Å². The van der Waals surface area contributed by atoms with Crippen LogP contribution in [0.25, 0.3) is 0 Å². The summed E-state index contributed by atoms with van der Waals surface area (Å²) in [4.78, 5) is 22.6. The van der Waals surface area contributed by atoms with E-state index in [9.17, 15) is 18.4 Å². The lowest BCUT2D eigenvalue weighted by Crippen LogP contribution is -2.34. The van der Waals surface area contributed by atoms with Gasteiger partial charge in [0.25, 0.3) is 0 Å². The normalized spacial score (nSPS) is 19.3. The summed E-state index contributed by atoms with van der Waals surface area (Å²) in [5.74, 6) is -2.10. The Bertz CT molecular complexity index is 492. The Labute approximate surface area is 94.6 Å². The van der Waals surface area contributed by atoms with Gasteiger partial charge in [0, 0.05) is 6.54 Å². The Balaban J connectivity index is 2.36. The summed E-state index contributed by atoms with van der Waals surface area (Å²) in [6.45, 7) is 0.0379. The van der Waals surface area contributed by atoms with Crippen LogP contribution in [-0.2, 0) is 0 Å². The molecule has 2 N–H and O–H groups in total. The number of hydrogen-bond acceptors (Lipinski definition) is 2. The molecule has 0 spiro atoms. The molecule has 1 fully saturated rings. The van der Waals surface area contributed by atoms with Crippen LogP contribution < -0.4 is 5.32 Å². The van der Waals surface area contributed by atoms with Gasteiger partial charge in [-0.1, -0.05) is 6.07 Å². The molecular weight excluding hydrogens is 234 g/mol. The average Bonchev–Trinajstić information content (AvgIpc) is 2.64. The molecule has 1 saturated heterocycles. The summed E-state index contributed by atoms with van der Waals surface area (Å²) >= 11 is 0. The molecule has 0 aliphatic carbocycles. The van der Waals surface area contributed by atoms with E-state index < -0.39 is 29.8 Å². The second-order valence-electron chi connectivity index (χ2n) is 3.53. The largest absolute Gasteiger partial charge is 0.465 e. The first-order valence-corrected chi connectivity index (χ1v) is 4.75. The van der Waals surface area contributed by atoms with Crippen molar-refractivity contribution in [2.45, 2.75) is 6.04 Å². The molecule has 5 nitrogen and oxygen atoms in total. The molecule has 1 atom stereocenters. The average molecular weight is 242 g/mol. The predicted molar refractivity (Wildman–Crippen MR) is 52.4 cm³/mol. The van der Waals surface area contributed by atoms with Crippen LogP contribution in [0.5, 0.6) is 0 Å². The van der Waals surface area contributed by atoms with E-state index in [0.29, 0.717) is 4.90 Å². The van der Waals surface area contributed by atoms with Crippen LogP contribution in [0.4, 0.5) is 18.4 Å². The number of halogens is 2. The molecule has 1 aliphatic heterocycles. The fourth-order valence-corrected chi connectivity index (χ4v) is 1.71. The third-order valence-corrected chi connectivity index (χ3v) is 2.51. The Morgan fingerprint density at radius 1 is 1.41 bits per heavy atom. The number of carboxylic acid groups (broad SMARTS) is 1. The van der Waals surface area contributed by atoms with E-state index in [1.807, 2.05) is 0 Å². The monoisotopic (exact) mass is 242 g/mol. The van der Waals surface area contributed by atoms with E-state index >= 15 is 0 Å². The Hall–Kier alpha value is -2.18. The molecule has 0 bridgehead atoms. The van der Waals surface area contributed by atoms with Crippen LogP contribution >= 0.6 is 0 Å². The number of imide groups is 1. The van der Waals surface area contributed by atoms with Gasteiger partial charge < -0.3 is 10.4 Å². The third kappa shape index (κ3) is 1.91. The summed E-state index contributed by atoms with van der Waals surface area (Å²) in [7, 11) is 0. The zero-order chi connectivity index (χ0) is 12.6. The number of hydrogen-bond donors (Lipinski definition) is 2. The van der Waals surface area contributed by atoms with E-state index in [2.05, 4.69) is 5.32 Å². The van der Waals surface area contributed by atoms with Crippen molar-refractivity contribution < 1.29 is 23.5 Å². The summed E-state index contributed by atoms with van der Waals surface area (Å²) in [6.07, 6.45) is -1.44. The molecule has 7 heteroatoms. The van der Waals surface area contributed by atoms with Gasteiger partial charge in [-0.2, -0.15) is 0 Å². The molecule has 90 valence electrons. The smallest absolute Gasteiger partial charge is 0.416 e. The Morgan fingerprint density at radius 3 is 2.71 bits per heavy atom. The minimum Gasteiger partial charge on any atom is -0.465 e. The van der Waals surface area contributed by atoms with E-state index in [1.165, 1.54) is 6.07 Å². The zero-order valence-corrected chi connectivity index (χ0v) is 8.48. The van der Waals surface area contributed by atoms with Crippen LogP contribution in [-0.4, -0.2) is 28.7 Å². The minimum absolute atomic E-state index is 0.0379. The number of nitrogens with zero attached hydrogens (tertiary/aromatic N) is 1. The number of amides is 3. The van der Waals surface area contributed by atoms with Gasteiger partial charge in [-0.15, -0.1) is 0 Å². The van der Waals surface area contributed by atoms with Crippen molar-refractivity contribution in [2.24, 2.45) is 0 Å². The Kier molecular flexibility index (Phi) is 2.66. The Morgan fingerprint density at radius 2 is 2.12 bits per heavy atom. The second-order valence-corrected chi connectivity index (χ2v) is 3.53. The maximum Gasteiger partial charge on any atom is 0.416 e. The maximum atomic E-state index is 13.0. The van der Waals surface area contributed by atoms with Gasteiger partial charge in [-0.05, 0) is 17.7 Å². The topological polar surface area (TPSA) is 69.6 Å². The van der Waals surface area contributed by atoms with Crippen LogP contribution in [0.15, 0.2) is 18.2 Å². The first-order chi connectivity index (χ1) is 8.00. The number of urea groups is 1. The zero-order valence-electron chi connectivity index (χ0n) is 8.48. The molecule has 0 radical (unpaired) electrons. The van der Waals surface area contributed by atoms with Crippen LogP contribution in [0.2, 0.25) is 0 Å². The van der Waals surface area contributed by atoms with Gasteiger partial charge >= 0.3 is 12.1 Å². The highest BCUT2D eigenvalue weighted by Crippen LogP contribution is 2.25. The van der Waals surface area contributed by atoms with Crippen LogP contribution in [0, 0.1) is 11.6 Å². The van der Waals surface area contributed by atoms with Crippen LogP contribution in [0.3, 0.4) is 0 Å². The molecule has 1 aromatic carbocycles. The first kappa shape index (κ1) is 11.3. The second kappa shape index (κ2) is 4.00. The van der Waals surface area contributed by atoms with Crippen molar-refractivity contribution in [3.63, 3.8) is 0 Å². The van der Waals surface area contributed by atoms with Gasteiger partial charge in [-0.25, -0.2) is 23.3 Å². The highest BCUT2D eigenvalue weighted by Gasteiger charge is 2.37. The summed E-state index contributed by atoms with van der Waals surface area (Å²) in [5.41, 5.74) is 0.227. The van der Waals surface area contributed by atoms with Crippen molar-refractivity contribution in [1.82, 2.24) is 10.2 Å². The number of carbonyl (C=O) groups excluding carboxylic acids is 1. The van der Waals surface area contributed by atoms with Gasteiger partial charge in [0.15, 0.2) is 11.6 Å². The molecule has 3 amide bonds. The quantitative estimate of drug-likeness (QED) is 0.787. The molecular formula is C10H8F2N2O3. The molecule has 17 heavy (non-hydrogen) atoms. The molecule has 1 heterocycles. The molecule has 2 rings (SSSR count). The van der Waals surface area contributed by atoms with E-state index in [4.69, 9.17) is 5.11 Å². The molecule has 0 aromatic heterocycles. The van der Waals surface area contributed by atoms with Gasteiger partial charge in [0.05, 0.1) is 6.04 Å². The van der Waals surface area contributed by atoms with Crippen molar-refractivity contribution in [2.75, 3.05) is 6.54 Å². The molecule has 1 aliphatic rings. The molecule has 1 aromatic rings. The van der Waals surface area contributed by atoms with Crippen molar-refractivity contribution >= 4 is 12.1 Å². The predicted octanol–water partition coefficient (Wildman–Crippen LogP) is 1.71. The SMILES string of the molecule is O=C(O)N1C(=O)NCC1c1ccc(F)c(F)c1. The fraction of sp³-hybridized carbons (Fsp3) is 0.200. The van der Waals surface area contributed by atoms with E-state index in [1.54, 1.807) is 0 Å². The van der Waals surface area contributed by atoms with Gasteiger partial charge in [0.2, 0.25) is 0 Å². The maximum absolute atomic E-state index is 13.0. The summed E-state index contributed by atoms with van der Waals surface area (Å²) in [5, 5.41) is 11.2.